The molecule has 1 atom stereocenters. The van der Waals surface area contributed by atoms with Gasteiger partial charge in [0.25, 0.3) is 0 Å². The maximum absolute atomic E-state index is 7.43. The summed E-state index contributed by atoms with van der Waals surface area (Å²) in [6.45, 7) is 7.69. The summed E-state index contributed by atoms with van der Waals surface area (Å²) in [6, 6.07) is 0.498. The van der Waals surface area contributed by atoms with Gasteiger partial charge in [-0.2, -0.15) is 0 Å². The zero-order chi connectivity index (χ0) is 10.1. The number of likely N-dealkylation sites (tertiary alicyclic amines) is 1. The Morgan fingerprint density at radius 2 is 2.15 bits per heavy atom. The molecule has 0 aromatic heterocycles. The van der Waals surface area contributed by atoms with Crippen LogP contribution in [-0.4, -0.2) is 23.4 Å². The van der Waals surface area contributed by atoms with E-state index in [1.54, 1.807) is 0 Å². The van der Waals surface area contributed by atoms with Crippen LogP contribution in [0.3, 0.4) is 0 Å². The standard InChI is InChI=1S/C10H21N3/c1-10(2,3)7-8-5-4-6-13(8)9(11)12/h8H,4-7H2,1-3H3,(H3,11,12)/t8-/m1/s1. The molecule has 1 heterocycles. The van der Waals surface area contributed by atoms with Crippen LogP contribution in [0.15, 0.2) is 0 Å². The van der Waals surface area contributed by atoms with Crippen LogP contribution in [-0.2, 0) is 0 Å². The average Bonchev–Trinajstić information content (AvgIpc) is 2.31. The van der Waals surface area contributed by atoms with Gasteiger partial charge in [-0.1, -0.05) is 20.8 Å². The lowest BCUT2D eigenvalue weighted by Crippen LogP contribution is -2.41. The smallest absolute Gasteiger partial charge is 0.188 e. The quantitative estimate of drug-likeness (QED) is 0.481. The van der Waals surface area contributed by atoms with Gasteiger partial charge in [0.2, 0.25) is 0 Å². The summed E-state index contributed by atoms with van der Waals surface area (Å²) in [5, 5.41) is 7.43. The molecule has 0 unspecified atom stereocenters. The van der Waals surface area contributed by atoms with Crippen molar-refractivity contribution in [2.75, 3.05) is 6.54 Å². The Kier molecular flexibility index (Phi) is 2.84. The van der Waals surface area contributed by atoms with E-state index in [-0.39, 0.29) is 5.96 Å². The maximum atomic E-state index is 7.43. The van der Waals surface area contributed by atoms with E-state index in [2.05, 4.69) is 20.8 Å². The Hall–Kier alpha value is -0.730. The molecule has 0 aromatic rings. The highest BCUT2D eigenvalue weighted by atomic mass is 15.3. The van der Waals surface area contributed by atoms with Crippen LogP contribution >= 0.6 is 0 Å². The lowest BCUT2D eigenvalue weighted by molar-refractivity contribution is 0.259. The number of hydrogen-bond donors (Lipinski definition) is 2. The summed E-state index contributed by atoms with van der Waals surface area (Å²) in [5.41, 5.74) is 5.85. The molecule has 0 bridgehead atoms. The molecule has 0 amide bonds. The van der Waals surface area contributed by atoms with Crippen molar-refractivity contribution in [3.8, 4) is 0 Å². The van der Waals surface area contributed by atoms with Crippen molar-refractivity contribution >= 4 is 5.96 Å². The van der Waals surface area contributed by atoms with E-state index in [0.717, 1.165) is 13.0 Å². The highest BCUT2D eigenvalue weighted by molar-refractivity contribution is 5.75. The van der Waals surface area contributed by atoms with E-state index in [1.165, 1.54) is 12.8 Å². The van der Waals surface area contributed by atoms with Gasteiger partial charge in [-0.3, -0.25) is 5.41 Å². The summed E-state index contributed by atoms with van der Waals surface area (Å²) >= 11 is 0. The van der Waals surface area contributed by atoms with Crippen molar-refractivity contribution in [2.24, 2.45) is 11.1 Å². The minimum atomic E-state index is 0.242. The van der Waals surface area contributed by atoms with Crippen molar-refractivity contribution in [3.05, 3.63) is 0 Å². The van der Waals surface area contributed by atoms with E-state index in [1.807, 2.05) is 4.90 Å². The van der Waals surface area contributed by atoms with Gasteiger partial charge < -0.3 is 10.6 Å². The van der Waals surface area contributed by atoms with Gasteiger partial charge in [0.1, 0.15) is 0 Å². The van der Waals surface area contributed by atoms with E-state index in [0.29, 0.717) is 11.5 Å². The number of nitrogens with one attached hydrogen (secondary N) is 1. The van der Waals surface area contributed by atoms with Gasteiger partial charge in [0, 0.05) is 12.6 Å². The fourth-order valence-electron chi connectivity index (χ4n) is 2.07. The molecule has 0 saturated carbocycles. The molecular weight excluding hydrogens is 162 g/mol. The minimum absolute atomic E-state index is 0.242. The Labute approximate surface area is 80.8 Å². The van der Waals surface area contributed by atoms with Gasteiger partial charge in [0.15, 0.2) is 5.96 Å². The van der Waals surface area contributed by atoms with Crippen LogP contribution in [0, 0.1) is 10.8 Å². The summed E-state index contributed by atoms with van der Waals surface area (Å²) in [6.07, 6.45) is 3.50. The Morgan fingerprint density at radius 3 is 2.62 bits per heavy atom. The van der Waals surface area contributed by atoms with Gasteiger partial charge in [-0.15, -0.1) is 0 Å². The third kappa shape index (κ3) is 2.90. The molecule has 0 aliphatic carbocycles. The number of rotatable bonds is 1. The SMILES string of the molecule is CC(C)(C)C[C@H]1CCCN1C(=N)N. The summed E-state index contributed by atoms with van der Waals surface area (Å²) in [5.74, 6) is 0.242. The molecular formula is C10H21N3. The number of nitrogens with zero attached hydrogens (tertiary/aromatic N) is 1. The van der Waals surface area contributed by atoms with Gasteiger partial charge >= 0.3 is 0 Å². The van der Waals surface area contributed by atoms with Crippen molar-refractivity contribution in [2.45, 2.75) is 46.1 Å². The predicted octanol–water partition coefficient (Wildman–Crippen LogP) is 1.78. The Balaban J connectivity index is 2.54. The molecule has 0 radical (unpaired) electrons. The normalized spacial score (nSPS) is 23.6. The maximum Gasteiger partial charge on any atom is 0.188 e. The van der Waals surface area contributed by atoms with Crippen molar-refractivity contribution < 1.29 is 0 Å². The van der Waals surface area contributed by atoms with Crippen molar-refractivity contribution in [3.63, 3.8) is 0 Å². The van der Waals surface area contributed by atoms with Crippen LogP contribution in [0.1, 0.15) is 40.0 Å². The molecule has 1 saturated heterocycles. The predicted molar refractivity (Wildman–Crippen MR) is 55.7 cm³/mol. The average molecular weight is 183 g/mol. The van der Waals surface area contributed by atoms with E-state index in [4.69, 9.17) is 11.1 Å². The molecule has 1 fully saturated rings. The van der Waals surface area contributed by atoms with E-state index >= 15 is 0 Å². The molecule has 3 nitrogen and oxygen atoms in total. The molecule has 0 aromatic carbocycles. The third-order valence-electron chi connectivity index (χ3n) is 2.53. The van der Waals surface area contributed by atoms with Crippen LogP contribution < -0.4 is 5.73 Å². The number of hydrogen-bond acceptors (Lipinski definition) is 1. The minimum Gasteiger partial charge on any atom is -0.370 e. The second-order valence-corrected chi connectivity index (χ2v) is 5.14. The first-order valence-corrected chi connectivity index (χ1v) is 5.01. The van der Waals surface area contributed by atoms with Crippen LogP contribution in [0.2, 0.25) is 0 Å². The molecule has 13 heavy (non-hydrogen) atoms. The lowest BCUT2D eigenvalue weighted by Gasteiger charge is -2.30. The molecule has 0 spiro atoms. The molecule has 3 heteroatoms. The van der Waals surface area contributed by atoms with E-state index < -0.39 is 0 Å². The fraction of sp³-hybridized carbons (Fsp3) is 0.900. The van der Waals surface area contributed by atoms with Gasteiger partial charge in [-0.05, 0) is 24.7 Å². The summed E-state index contributed by atoms with van der Waals surface area (Å²) in [7, 11) is 0. The number of guanidine groups is 1. The highest BCUT2D eigenvalue weighted by Gasteiger charge is 2.29. The molecule has 1 rings (SSSR count). The molecule has 1 aliphatic rings. The summed E-state index contributed by atoms with van der Waals surface area (Å²) < 4.78 is 0. The third-order valence-corrected chi connectivity index (χ3v) is 2.53. The highest BCUT2D eigenvalue weighted by Crippen LogP contribution is 2.29. The van der Waals surface area contributed by atoms with Crippen molar-refractivity contribution in [1.82, 2.24) is 4.90 Å². The van der Waals surface area contributed by atoms with Crippen molar-refractivity contribution in [1.29, 1.82) is 5.41 Å². The van der Waals surface area contributed by atoms with Crippen LogP contribution in [0.4, 0.5) is 0 Å². The molecule has 76 valence electrons. The monoisotopic (exact) mass is 183 g/mol. The Bertz CT molecular complexity index is 193. The first-order valence-electron chi connectivity index (χ1n) is 5.01. The first-order chi connectivity index (χ1) is 5.90. The molecule has 1 aliphatic heterocycles. The number of nitrogens with two attached hydrogens (primary N) is 1. The summed E-state index contributed by atoms with van der Waals surface area (Å²) in [4.78, 5) is 2.03. The second kappa shape index (κ2) is 3.56. The zero-order valence-corrected chi connectivity index (χ0v) is 8.93. The molecule has 3 N–H and O–H groups in total. The van der Waals surface area contributed by atoms with E-state index in [9.17, 15) is 0 Å². The fourth-order valence-corrected chi connectivity index (χ4v) is 2.07. The van der Waals surface area contributed by atoms with Crippen LogP contribution in [0.5, 0.6) is 0 Å². The topological polar surface area (TPSA) is 53.1 Å². The Morgan fingerprint density at radius 1 is 1.54 bits per heavy atom. The zero-order valence-electron chi connectivity index (χ0n) is 8.93. The van der Waals surface area contributed by atoms with Gasteiger partial charge in [-0.25, -0.2) is 0 Å². The second-order valence-electron chi connectivity index (χ2n) is 5.14. The van der Waals surface area contributed by atoms with Crippen LogP contribution in [0.25, 0.3) is 0 Å². The largest absolute Gasteiger partial charge is 0.370 e. The lowest BCUT2D eigenvalue weighted by atomic mass is 9.87. The first kappa shape index (κ1) is 10.4. The van der Waals surface area contributed by atoms with Gasteiger partial charge in [0.05, 0.1) is 0 Å².